The molecule has 0 bridgehead atoms. The Morgan fingerprint density at radius 1 is 1.00 bits per heavy atom. The Balaban J connectivity index is 1.60. The summed E-state index contributed by atoms with van der Waals surface area (Å²) in [5.74, 6) is 0. The first-order valence-electron chi connectivity index (χ1n) is 12.1. The Bertz CT molecular complexity index is 1170. The van der Waals surface area contributed by atoms with Crippen molar-refractivity contribution in [2.75, 3.05) is 24.5 Å². The van der Waals surface area contributed by atoms with Crippen LogP contribution < -0.4 is 4.90 Å². The number of anilines is 1. The molecule has 0 saturated carbocycles. The predicted octanol–water partition coefficient (Wildman–Crippen LogP) is 6.80. The highest BCUT2D eigenvalue weighted by Crippen LogP contribution is 2.38. The van der Waals surface area contributed by atoms with Crippen LogP contribution in [-0.4, -0.2) is 35.7 Å². The number of aliphatic hydroxyl groups is 1. The molecule has 1 heterocycles. The van der Waals surface area contributed by atoms with E-state index in [1.807, 2.05) is 37.3 Å². The molecular formula is C29H31Cl2N3O. The van der Waals surface area contributed by atoms with Gasteiger partial charge in [0.2, 0.25) is 0 Å². The van der Waals surface area contributed by atoms with E-state index in [0.29, 0.717) is 5.56 Å². The number of rotatable bonds is 7. The number of benzene rings is 3. The summed E-state index contributed by atoms with van der Waals surface area (Å²) in [6.45, 7) is 6.60. The van der Waals surface area contributed by atoms with Gasteiger partial charge in [-0.1, -0.05) is 53.5 Å². The first-order chi connectivity index (χ1) is 16.9. The fourth-order valence-electron chi connectivity index (χ4n) is 4.78. The fraction of sp³-hybridized carbons (Fsp3) is 0.345. The summed E-state index contributed by atoms with van der Waals surface area (Å²) in [6.07, 6.45) is 1.19. The standard InChI is InChI=1S/C29H31Cl2N3O/c1-20(35)3-4-22-7-14-28(27(31)17-22)34-16-15-33(19-29(34)25-10-12-26(30)13-11-25)21(2)24-8-5-23(18-32)6-9-24/h5-14,17,20-21,29,35H,3-4,15-16,19H2,1-2H3/t20-,21-,29+/m1/s1. The van der Waals surface area contributed by atoms with Gasteiger partial charge in [-0.3, -0.25) is 4.90 Å². The van der Waals surface area contributed by atoms with Gasteiger partial charge in [-0.15, -0.1) is 0 Å². The molecule has 1 aliphatic rings. The van der Waals surface area contributed by atoms with E-state index in [9.17, 15) is 5.11 Å². The molecule has 4 nitrogen and oxygen atoms in total. The van der Waals surface area contributed by atoms with Crippen LogP contribution in [0.1, 0.15) is 54.6 Å². The lowest BCUT2D eigenvalue weighted by molar-refractivity contribution is 0.171. The van der Waals surface area contributed by atoms with Crippen molar-refractivity contribution in [3.63, 3.8) is 0 Å². The number of nitrogens with zero attached hydrogens (tertiary/aromatic N) is 3. The van der Waals surface area contributed by atoms with Gasteiger partial charge in [-0.2, -0.15) is 5.26 Å². The maximum absolute atomic E-state index is 9.63. The van der Waals surface area contributed by atoms with Crippen molar-refractivity contribution in [2.24, 2.45) is 0 Å². The summed E-state index contributed by atoms with van der Waals surface area (Å²) < 4.78 is 0. The largest absolute Gasteiger partial charge is 0.393 e. The van der Waals surface area contributed by atoms with Gasteiger partial charge in [0.1, 0.15) is 0 Å². The Kier molecular flexibility index (Phi) is 8.36. The molecule has 0 aromatic heterocycles. The van der Waals surface area contributed by atoms with Crippen molar-refractivity contribution < 1.29 is 5.11 Å². The molecule has 1 N–H and O–H groups in total. The number of piperazine rings is 1. The minimum absolute atomic E-state index is 0.114. The van der Waals surface area contributed by atoms with Gasteiger partial charge in [0.05, 0.1) is 34.5 Å². The lowest BCUT2D eigenvalue weighted by Crippen LogP contribution is -2.49. The SMILES string of the molecule is C[C@H](c1ccc(C#N)cc1)N1CCN(c2ccc(CC[C@@H](C)O)cc2Cl)[C@H](c2ccc(Cl)cc2)C1. The van der Waals surface area contributed by atoms with Gasteiger partial charge in [-0.05, 0) is 79.8 Å². The minimum Gasteiger partial charge on any atom is -0.393 e. The maximum Gasteiger partial charge on any atom is 0.0991 e. The third-order valence-electron chi connectivity index (χ3n) is 6.91. The van der Waals surface area contributed by atoms with Crippen LogP contribution >= 0.6 is 23.2 Å². The monoisotopic (exact) mass is 507 g/mol. The first kappa shape index (κ1) is 25.5. The quantitative estimate of drug-likeness (QED) is 0.381. The van der Waals surface area contributed by atoms with E-state index in [-0.39, 0.29) is 18.2 Å². The number of hydrogen-bond donors (Lipinski definition) is 1. The second-order valence-electron chi connectivity index (χ2n) is 9.34. The van der Waals surface area contributed by atoms with E-state index in [0.717, 1.165) is 53.8 Å². The number of aryl methyl sites for hydroxylation is 1. The molecule has 3 aromatic carbocycles. The second-order valence-corrected chi connectivity index (χ2v) is 10.2. The van der Waals surface area contributed by atoms with Crippen LogP contribution in [0.3, 0.4) is 0 Å². The van der Waals surface area contributed by atoms with Crippen molar-refractivity contribution >= 4 is 28.9 Å². The van der Waals surface area contributed by atoms with Gasteiger partial charge in [0.15, 0.2) is 0 Å². The van der Waals surface area contributed by atoms with Crippen LogP contribution in [-0.2, 0) is 6.42 Å². The molecule has 6 heteroatoms. The molecule has 4 rings (SSSR count). The lowest BCUT2D eigenvalue weighted by atomic mass is 9.97. The zero-order valence-electron chi connectivity index (χ0n) is 20.2. The lowest BCUT2D eigenvalue weighted by Gasteiger charge is -2.45. The summed E-state index contributed by atoms with van der Waals surface area (Å²) in [7, 11) is 0. The van der Waals surface area contributed by atoms with Gasteiger partial charge in [-0.25, -0.2) is 0 Å². The zero-order valence-corrected chi connectivity index (χ0v) is 21.7. The van der Waals surface area contributed by atoms with Gasteiger partial charge >= 0.3 is 0 Å². The van der Waals surface area contributed by atoms with E-state index >= 15 is 0 Å². The van der Waals surface area contributed by atoms with Crippen molar-refractivity contribution in [3.8, 4) is 6.07 Å². The average Bonchev–Trinajstić information content (AvgIpc) is 2.87. The summed E-state index contributed by atoms with van der Waals surface area (Å²) in [4.78, 5) is 4.88. The molecule has 1 saturated heterocycles. The molecule has 182 valence electrons. The number of nitriles is 1. The molecule has 35 heavy (non-hydrogen) atoms. The van der Waals surface area contributed by atoms with E-state index in [1.165, 1.54) is 11.1 Å². The van der Waals surface area contributed by atoms with Crippen molar-refractivity contribution in [1.29, 1.82) is 5.26 Å². The molecule has 0 amide bonds. The Hall–Kier alpha value is -2.55. The fourth-order valence-corrected chi connectivity index (χ4v) is 5.21. The summed E-state index contributed by atoms with van der Waals surface area (Å²) in [5.41, 5.74) is 5.23. The Labute approximate surface area is 218 Å². The van der Waals surface area contributed by atoms with Gasteiger partial charge in [0, 0.05) is 30.7 Å². The molecule has 0 radical (unpaired) electrons. The third kappa shape index (κ3) is 6.18. The molecule has 3 aromatic rings. The molecule has 0 spiro atoms. The summed E-state index contributed by atoms with van der Waals surface area (Å²) >= 11 is 13.0. The molecule has 1 aliphatic heterocycles. The van der Waals surface area contributed by atoms with Crippen molar-refractivity contribution in [3.05, 3.63) is 99.0 Å². The summed E-state index contributed by atoms with van der Waals surface area (Å²) in [6, 6.07) is 24.8. The Morgan fingerprint density at radius 2 is 1.71 bits per heavy atom. The molecule has 3 atom stereocenters. The van der Waals surface area contributed by atoms with Crippen LogP contribution in [0.4, 0.5) is 5.69 Å². The predicted molar refractivity (Wildman–Crippen MR) is 144 cm³/mol. The van der Waals surface area contributed by atoms with E-state index < -0.39 is 0 Å². The third-order valence-corrected chi connectivity index (χ3v) is 7.46. The molecule has 0 aliphatic carbocycles. The maximum atomic E-state index is 9.63. The number of halogens is 2. The number of hydrogen-bond acceptors (Lipinski definition) is 4. The van der Waals surface area contributed by atoms with Crippen LogP contribution in [0.15, 0.2) is 66.7 Å². The Morgan fingerprint density at radius 3 is 2.34 bits per heavy atom. The molecule has 1 fully saturated rings. The van der Waals surface area contributed by atoms with Gasteiger partial charge in [0.25, 0.3) is 0 Å². The van der Waals surface area contributed by atoms with E-state index in [2.05, 4.69) is 59.2 Å². The van der Waals surface area contributed by atoms with Crippen molar-refractivity contribution in [1.82, 2.24) is 4.90 Å². The molecule has 0 unspecified atom stereocenters. The minimum atomic E-state index is -0.325. The van der Waals surface area contributed by atoms with Crippen LogP contribution in [0.2, 0.25) is 10.0 Å². The van der Waals surface area contributed by atoms with E-state index in [1.54, 1.807) is 0 Å². The van der Waals surface area contributed by atoms with Crippen molar-refractivity contribution in [2.45, 2.75) is 44.9 Å². The smallest absolute Gasteiger partial charge is 0.0991 e. The highest BCUT2D eigenvalue weighted by Gasteiger charge is 2.32. The summed E-state index contributed by atoms with van der Waals surface area (Å²) in [5, 5.41) is 20.2. The van der Waals surface area contributed by atoms with Crippen LogP contribution in [0, 0.1) is 11.3 Å². The van der Waals surface area contributed by atoms with Crippen LogP contribution in [0.25, 0.3) is 0 Å². The topological polar surface area (TPSA) is 50.5 Å². The highest BCUT2D eigenvalue weighted by atomic mass is 35.5. The van der Waals surface area contributed by atoms with Gasteiger partial charge < -0.3 is 10.0 Å². The number of aliphatic hydroxyl groups excluding tert-OH is 1. The zero-order chi connectivity index (χ0) is 24.9. The second kappa shape index (κ2) is 11.5. The van der Waals surface area contributed by atoms with E-state index in [4.69, 9.17) is 28.5 Å². The average molecular weight is 508 g/mol. The normalized spacial score (nSPS) is 18.2. The van der Waals surface area contributed by atoms with Crippen LogP contribution in [0.5, 0.6) is 0 Å². The first-order valence-corrected chi connectivity index (χ1v) is 12.8. The highest BCUT2D eigenvalue weighted by molar-refractivity contribution is 6.33. The molecular weight excluding hydrogens is 477 g/mol.